The van der Waals surface area contributed by atoms with Crippen LogP contribution in [0.25, 0.3) is 5.69 Å². The highest BCUT2D eigenvalue weighted by atomic mass is 32.2. The van der Waals surface area contributed by atoms with Crippen LogP contribution in [0.15, 0.2) is 95.0 Å². The summed E-state index contributed by atoms with van der Waals surface area (Å²) < 4.78 is 7.31. The van der Waals surface area contributed by atoms with E-state index in [0.29, 0.717) is 11.7 Å². The molecule has 140 valence electrons. The van der Waals surface area contributed by atoms with Crippen LogP contribution < -0.4 is 4.90 Å². The molecule has 0 atom stereocenters. The smallest absolute Gasteiger partial charge is 0.237 e. The Labute approximate surface area is 166 Å². The standard InChI is InChI=1S/C21H18N4O2S/c26-20(15-28-21-23-22-16-25(21)18-10-5-2-6-11-18)24(14-19-12-7-13-27-19)17-8-3-1-4-9-17/h1-13,16H,14-15H2. The highest BCUT2D eigenvalue weighted by molar-refractivity contribution is 7.99. The molecule has 0 N–H and O–H groups in total. The molecule has 4 aromatic rings. The van der Waals surface area contributed by atoms with E-state index in [1.165, 1.54) is 11.8 Å². The van der Waals surface area contributed by atoms with Crippen molar-refractivity contribution in [2.24, 2.45) is 0 Å². The molecule has 6 nitrogen and oxygen atoms in total. The second-order valence-electron chi connectivity index (χ2n) is 6.00. The lowest BCUT2D eigenvalue weighted by molar-refractivity contribution is -0.116. The number of anilines is 1. The first-order valence-electron chi connectivity index (χ1n) is 8.77. The summed E-state index contributed by atoms with van der Waals surface area (Å²) in [5.74, 6) is 0.936. The Balaban J connectivity index is 1.50. The third-order valence-corrected chi connectivity index (χ3v) is 5.07. The van der Waals surface area contributed by atoms with Crippen LogP contribution in [-0.4, -0.2) is 26.4 Å². The summed E-state index contributed by atoms with van der Waals surface area (Å²) in [6, 6.07) is 23.1. The average Bonchev–Trinajstić information content (AvgIpc) is 3.43. The van der Waals surface area contributed by atoms with Gasteiger partial charge in [-0.3, -0.25) is 9.36 Å². The first kappa shape index (κ1) is 18.1. The highest BCUT2D eigenvalue weighted by Gasteiger charge is 2.19. The van der Waals surface area contributed by atoms with Gasteiger partial charge in [0.2, 0.25) is 5.91 Å². The number of benzene rings is 2. The van der Waals surface area contributed by atoms with Crippen molar-refractivity contribution in [2.75, 3.05) is 10.7 Å². The van der Waals surface area contributed by atoms with E-state index >= 15 is 0 Å². The van der Waals surface area contributed by atoms with Gasteiger partial charge in [0, 0.05) is 11.4 Å². The molecule has 0 aliphatic carbocycles. The second kappa shape index (κ2) is 8.58. The molecule has 28 heavy (non-hydrogen) atoms. The Morgan fingerprint density at radius 3 is 2.46 bits per heavy atom. The molecule has 0 aliphatic heterocycles. The number of thioether (sulfide) groups is 1. The van der Waals surface area contributed by atoms with Gasteiger partial charge in [-0.25, -0.2) is 0 Å². The van der Waals surface area contributed by atoms with E-state index in [1.807, 2.05) is 77.4 Å². The molecule has 0 spiro atoms. The van der Waals surface area contributed by atoms with Gasteiger partial charge in [0.1, 0.15) is 12.1 Å². The zero-order valence-corrected chi connectivity index (χ0v) is 15.8. The van der Waals surface area contributed by atoms with Gasteiger partial charge in [0.15, 0.2) is 5.16 Å². The Bertz CT molecular complexity index is 1020. The summed E-state index contributed by atoms with van der Waals surface area (Å²) in [5, 5.41) is 8.82. The predicted molar refractivity (Wildman–Crippen MR) is 108 cm³/mol. The first-order valence-corrected chi connectivity index (χ1v) is 9.76. The maximum Gasteiger partial charge on any atom is 0.237 e. The molecule has 1 amide bonds. The van der Waals surface area contributed by atoms with Crippen LogP contribution >= 0.6 is 11.8 Å². The monoisotopic (exact) mass is 390 g/mol. The van der Waals surface area contributed by atoms with Crippen LogP contribution in [0.3, 0.4) is 0 Å². The molecule has 0 bridgehead atoms. The molecule has 0 fully saturated rings. The Morgan fingerprint density at radius 2 is 1.75 bits per heavy atom. The summed E-state index contributed by atoms with van der Waals surface area (Å²) in [4.78, 5) is 14.7. The van der Waals surface area contributed by atoms with Gasteiger partial charge in [-0.15, -0.1) is 10.2 Å². The van der Waals surface area contributed by atoms with Crippen molar-refractivity contribution in [3.8, 4) is 5.69 Å². The number of nitrogens with zero attached hydrogens (tertiary/aromatic N) is 4. The molecule has 2 aromatic carbocycles. The van der Waals surface area contributed by atoms with Crippen LogP contribution in [0.1, 0.15) is 5.76 Å². The molecule has 0 aliphatic rings. The van der Waals surface area contributed by atoms with Crippen molar-refractivity contribution < 1.29 is 9.21 Å². The molecule has 2 heterocycles. The first-order chi connectivity index (χ1) is 13.8. The lowest BCUT2D eigenvalue weighted by Gasteiger charge is -2.21. The number of hydrogen-bond donors (Lipinski definition) is 0. The fourth-order valence-corrected chi connectivity index (χ4v) is 3.59. The van der Waals surface area contributed by atoms with Crippen molar-refractivity contribution in [1.29, 1.82) is 0 Å². The average molecular weight is 390 g/mol. The summed E-state index contributed by atoms with van der Waals surface area (Å²) in [5.41, 5.74) is 1.78. The van der Waals surface area contributed by atoms with Gasteiger partial charge in [-0.05, 0) is 36.4 Å². The van der Waals surface area contributed by atoms with Crippen molar-refractivity contribution in [1.82, 2.24) is 14.8 Å². The van der Waals surface area contributed by atoms with Crippen LogP contribution in [-0.2, 0) is 11.3 Å². The van der Waals surface area contributed by atoms with E-state index in [4.69, 9.17) is 4.42 Å². The van der Waals surface area contributed by atoms with E-state index in [2.05, 4.69) is 10.2 Å². The van der Waals surface area contributed by atoms with Gasteiger partial charge >= 0.3 is 0 Å². The van der Waals surface area contributed by atoms with E-state index < -0.39 is 0 Å². The Kier molecular flexibility index (Phi) is 5.53. The number of carbonyl (C=O) groups is 1. The third-order valence-electron chi connectivity index (χ3n) is 4.14. The summed E-state index contributed by atoms with van der Waals surface area (Å²) in [6.45, 7) is 0.377. The SMILES string of the molecule is O=C(CSc1nncn1-c1ccccc1)N(Cc1ccco1)c1ccccc1. The largest absolute Gasteiger partial charge is 0.467 e. The van der Waals surface area contributed by atoms with Crippen LogP contribution in [0.5, 0.6) is 0 Å². The van der Waals surface area contributed by atoms with Crippen molar-refractivity contribution in [3.05, 3.63) is 91.1 Å². The van der Waals surface area contributed by atoms with Crippen LogP contribution in [0.4, 0.5) is 5.69 Å². The number of rotatable bonds is 7. The van der Waals surface area contributed by atoms with Gasteiger partial charge < -0.3 is 9.32 Å². The fourth-order valence-electron chi connectivity index (χ4n) is 2.78. The molecule has 4 rings (SSSR count). The van der Waals surface area contributed by atoms with Crippen LogP contribution in [0, 0.1) is 0 Å². The summed E-state index contributed by atoms with van der Waals surface area (Å²) in [7, 11) is 0. The van der Waals surface area contributed by atoms with Crippen LogP contribution in [0.2, 0.25) is 0 Å². The number of aromatic nitrogens is 3. The number of para-hydroxylation sites is 2. The topological polar surface area (TPSA) is 64.2 Å². The van der Waals surface area contributed by atoms with E-state index in [1.54, 1.807) is 17.5 Å². The highest BCUT2D eigenvalue weighted by Crippen LogP contribution is 2.23. The molecular formula is C21H18N4O2S. The van der Waals surface area contributed by atoms with Crippen molar-refractivity contribution in [3.63, 3.8) is 0 Å². The Morgan fingerprint density at radius 1 is 1.00 bits per heavy atom. The predicted octanol–water partition coefficient (Wildman–Crippen LogP) is 4.19. The fraction of sp³-hybridized carbons (Fsp3) is 0.0952. The van der Waals surface area contributed by atoms with Crippen molar-refractivity contribution in [2.45, 2.75) is 11.7 Å². The minimum Gasteiger partial charge on any atom is -0.467 e. The minimum absolute atomic E-state index is 0.0322. The number of furan rings is 1. The van der Waals surface area contributed by atoms with E-state index in [0.717, 1.165) is 17.1 Å². The lowest BCUT2D eigenvalue weighted by atomic mass is 10.2. The van der Waals surface area contributed by atoms with Crippen molar-refractivity contribution >= 4 is 23.4 Å². The number of hydrogen-bond acceptors (Lipinski definition) is 5. The number of amides is 1. The number of carbonyl (C=O) groups excluding carboxylic acids is 1. The maximum atomic E-state index is 13.0. The van der Waals surface area contributed by atoms with Gasteiger partial charge in [-0.2, -0.15) is 0 Å². The molecule has 0 saturated heterocycles. The van der Waals surface area contributed by atoms with Gasteiger partial charge in [0.25, 0.3) is 0 Å². The molecule has 0 radical (unpaired) electrons. The third kappa shape index (κ3) is 4.15. The zero-order chi connectivity index (χ0) is 19.2. The normalized spacial score (nSPS) is 10.7. The minimum atomic E-state index is -0.0322. The molecule has 0 unspecified atom stereocenters. The molecule has 7 heteroatoms. The van der Waals surface area contributed by atoms with Gasteiger partial charge in [-0.1, -0.05) is 48.2 Å². The van der Waals surface area contributed by atoms with E-state index in [-0.39, 0.29) is 11.7 Å². The molecular weight excluding hydrogens is 372 g/mol. The lowest BCUT2D eigenvalue weighted by Crippen LogP contribution is -2.31. The summed E-state index contributed by atoms with van der Waals surface area (Å²) >= 11 is 1.36. The summed E-state index contributed by atoms with van der Waals surface area (Å²) in [6.07, 6.45) is 3.26. The Hall–Kier alpha value is -3.32. The molecule has 2 aromatic heterocycles. The second-order valence-corrected chi connectivity index (χ2v) is 6.95. The quantitative estimate of drug-likeness (QED) is 0.443. The zero-order valence-electron chi connectivity index (χ0n) is 15.0. The molecule has 0 saturated carbocycles. The van der Waals surface area contributed by atoms with Gasteiger partial charge in [0.05, 0.1) is 18.6 Å². The van der Waals surface area contributed by atoms with E-state index in [9.17, 15) is 4.79 Å². The maximum absolute atomic E-state index is 13.0.